The molecule has 0 bridgehead atoms. The van der Waals surface area contributed by atoms with E-state index in [-0.39, 0.29) is 6.10 Å². The van der Waals surface area contributed by atoms with Crippen molar-refractivity contribution in [3.8, 4) is 0 Å². The Bertz CT molecular complexity index is 163. The molecule has 11 heavy (non-hydrogen) atoms. The summed E-state index contributed by atoms with van der Waals surface area (Å²) >= 11 is 0. The summed E-state index contributed by atoms with van der Waals surface area (Å²) in [7, 11) is 0. The predicted molar refractivity (Wildman–Crippen MR) is 43.0 cm³/mol. The average Bonchev–Trinajstić information content (AvgIpc) is 2.55. The van der Waals surface area contributed by atoms with Gasteiger partial charge in [-0.3, -0.25) is 10.6 Å². The summed E-state index contributed by atoms with van der Waals surface area (Å²) in [6.45, 7) is 4.28. The predicted octanol–water partition coefficient (Wildman–Crippen LogP) is 0.0539. The molecule has 0 aromatic heterocycles. The minimum absolute atomic E-state index is 0.289. The zero-order valence-electron chi connectivity index (χ0n) is 6.71. The van der Waals surface area contributed by atoms with Crippen LogP contribution in [0.25, 0.3) is 0 Å². The second-order valence-corrected chi connectivity index (χ2v) is 3.17. The Balaban J connectivity index is 1.94. The van der Waals surface area contributed by atoms with Gasteiger partial charge in [0, 0.05) is 19.0 Å². The lowest BCUT2D eigenvalue weighted by Crippen LogP contribution is -2.45. The van der Waals surface area contributed by atoms with Crippen molar-refractivity contribution in [3.05, 3.63) is 12.3 Å². The van der Waals surface area contributed by atoms with E-state index < -0.39 is 0 Å². The summed E-state index contributed by atoms with van der Waals surface area (Å²) in [5.41, 5.74) is 0. The Morgan fingerprint density at radius 1 is 1.36 bits per heavy atom. The molecule has 0 radical (unpaired) electrons. The number of rotatable bonds is 1. The van der Waals surface area contributed by atoms with Crippen molar-refractivity contribution in [2.24, 2.45) is 5.92 Å². The second kappa shape index (κ2) is 2.83. The number of nitrogens with one attached hydrogen (secondary N) is 2. The third-order valence-electron chi connectivity index (χ3n) is 2.32. The first kappa shape index (κ1) is 7.13. The summed E-state index contributed by atoms with van der Waals surface area (Å²) in [6, 6.07) is 0. The second-order valence-electron chi connectivity index (χ2n) is 3.17. The van der Waals surface area contributed by atoms with E-state index in [0.29, 0.717) is 12.1 Å². The highest BCUT2D eigenvalue weighted by molar-refractivity contribution is 4.98. The van der Waals surface area contributed by atoms with Crippen LogP contribution >= 0.6 is 0 Å². The van der Waals surface area contributed by atoms with Gasteiger partial charge in [0.2, 0.25) is 0 Å². The molecule has 2 atom stereocenters. The average molecular weight is 154 g/mol. The normalized spacial score (nSPS) is 37.9. The summed E-state index contributed by atoms with van der Waals surface area (Å²) < 4.78 is 5.44. The van der Waals surface area contributed by atoms with Crippen LogP contribution < -0.4 is 10.6 Å². The third-order valence-corrected chi connectivity index (χ3v) is 2.32. The third kappa shape index (κ3) is 1.26. The highest BCUT2D eigenvalue weighted by Crippen LogP contribution is 2.19. The zero-order chi connectivity index (χ0) is 7.68. The van der Waals surface area contributed by atoms with Crippen LogP contribution in [-0.2, 0) is 4.74 Å². The zero-order valence-corrected chi connectivity index (χ0v) is 6.71. The Kier molecular flexibility index (Phi) is 1.84. The largest absolute Gasteiger partial charge is 0.495 e. The molecular weight excluding hydrogens is 140 g/mol. The van der Waals surface area contributed by atoms with Crippen LogP contribution in [0.5, 0.6) is 0 Å². The number of hydrogen-bond donors (Lipinski definition) is 2. The molecule has 2 unspecified atom stereocenters. The van der Waals surface area contributed by atoms with Crippen molar-refractivity contribution >= 4 is 0 Å². The summed E-state index contributed by atoms with van der Waals surface area (Å²) in [5.74, 6) is 0.526. The van der Waals surface area contributed by atoms with Gasteiger partial charge in [0.1, 0.15) is 6.10 Å². The molecule has 2 N–H and O–H groups in total. The lowest BCUT2D eigenvalue weighted by Gasteiger charge is -2.22. The molecule has 3 heteroatoms. The van der Waals surface area contributed by atoms with Gasteiger partial charge in [-0.05, 0) is 6.08 Å². The van der Waals surface area contributed by atoms with Gasteiger partial charge in [0.05, 0.1) is 12.4 Å². The van der Waals surface area contributed by atoms with Crippen molar-refractivity contribution in [1.82, 2.24) is 10.6 Å². The molecule has 0 spiro atoms. The van der Waals surface area contributed by atoms with Gasteiger partial charge >= 0.3 is 0 Å². The first-order valence-corrected chi connectivity index (χ1v) is 4.17. The molecule has 1 fully saturated rings. The molecule has 2 aliphatic rings. The van der Waals surface area contributed by atoms with E-state index in [9.17, 15) is 0 Å². The number of ether oxygens (including phenoxy) is 1. The van der Waals surface area contributed by atoms with Crippen LogP contribution in [0.15, 0.2) is 12.3 Å². The van der Waals surface area contributed by atoms with Crippen LogP contribution in [0.4, 0.5) is 0 Å². The lowest BCUT2D eigenvalue weighted by atomic mass is 10.0. The van der Waals surface area contributed by atoms with Gasteiger partial charge in [-0.25, -0.2) is 0 Å². The highest BCUT2D eigenvalue weighted by Gasteiger charge is 2.31. The van der Waals surface area contributed by atoms with Gasteiger partial charge < -0.3 is 4.74 Å². The lowest BCUT2D eigenvalue weighted by molar-refractivity contribution is 0.0980. The Hall–Kier alpha value is -0.540. The molecule has 3 nitrogen and oxygen atoms in total. The van der Waals surface area contributed by atoms with Gasteiger partial charge in [0.25, 0.3) is 0 Å². The molecule has 0 amide bonds. The van der Waals surface area contributed by atoms with E-state index in [0.717, 1.165) is 13.1 Å². The molecule has 0 saturated carbocycles. The maximum Gasteiger partial charge on any atom is 0.132 e. The smallest absolute Gasteiger partial charge is 0.132 e. The molecule has 62 valence electrons. The maximum atomic E-state index is 5.44. The molecule has 2 heterocycles. The minimum Gasteiger partial charge on any atom is -0.495 e. The molecule has 0 aliphatic carbocycles. The summed E-state index contributed by atoms with van der Waals surface area (Å²) in [6.07, 6.45) is 4.54. The van der Waals surface area contributed by atoms with E-state index in [1.807, 2.05) is 0 Å². The molecule has 2 rings (SSSR count). The van der Waals surface area contributed by atoms with E-state index in [1.54, 1.807) is 6.26 Å². The standard InChI is InChI=1S/C8H14N2O/c1-6-2-5-11-7(6)8-9-3-4-10-8/h2,5-10H,3-4H2,1H3. The molecular formula is C8H14N2O. The van der Waals surface area contributed by atoms with E-state index in [4.69, 9.17) is 4.74 Å². The van der Waals surface area contributed by atoms with Gasteiger partial charge in [-0.2, -0.15) is 0 Å². The SMILES string of the molecule is CC1C=COC1C1NCCN1. The highest BCUT2D eigenvalue weighted by atomic mass is 16.5. The van der Waals surface area contributed by atoms with Crippen LogP contribution in [0.3, 0.4) is 0 Å². The van der Waals surface area contributed by atoms with Crippen molar-refractivity contribution in [2.75, 3.05) is 13.1 Å². The fourth-order valence-electron chi connectivity index (χ4n) is 1.64. The quantitative estimate of drug-likeness (QED) is 0.560. The van der Waals surface area contributed by atoms with Crippen molar-refractivity contribution in [3.63, 3.8) is 0 Å². The first-order chi connectivity index (χ1) is 5.38. The van der Waals surface area contributed by atoms with Crippen LogP contribution in [0, 0.1) is 5.92 Å². The molecule has 1 saturated heterocycles. The Morgan fingerprint density at radius 3 is 2.64 bits per heavy atom. The van der Waals surface area contributed by atoms with Crippen molar-refractivity contribution in [1.29, 1.82) is 0 Å². The summed E-state index contributed by atoms with van der Waals surface area (Å²) in [4.78, 5) is 0. The minimum atomic E-state index is 0.289. The van der Waals surface area contributed by atoms with Gasteiger partial charge in [-0.15, -0.1) is 0 Å². The van der Waals surface area contributed by atoms with E-state index >= 15 is 0 Å². The Labute approximate surface area is 66.8 Å². The van der Waals surface area contributed by atoms with Crippen LogP contribution in [0.1, 0.15) is 6.92 Å². The topological polar surface area (TPSA) is 33.3 Å². The van der Waals surface area contributed by atoms with Crippen LogP contribution in [0.2, 0.25) is 0 Å². The van der Waals surface area contributed by atoms with Gasteiger partial charge in [0.15, 0.2) is 0 Å². The van der Waals surface area contributed by atoms with Crippen LogP contribution in [-0.4, -0.2) is 25.4 Å². The van der Waals surface area contributed by atoms with Crippen molar-refractivity contribution < 1.29 is 4.74 Å². The maximum absolute atomic E-state index is 5.44. The Morgan fingerprint density at radius 2 is 2.09 bits per heavy atom. The van der Waals surface area contributed by atoms with E-state index in [1.165, 1.54) is 0 Å². The van der Waals surface area contributed by atoms with Crippen molar-refractivity contribution in [2.45, 2.75) is 19.2 Å². The van der Waals surface area contributed by atoms with Gasteiger partial charge in [-0.1, -0.05) is 6.92 Å². The monoisotopic (exact) mass is 154 g/mol. The summed E-state index contributed by atoms with van der Waals surface area (Å²) in [5, 5.41) is 6.71. The van der Waals surface area contributed by atoms with E-state index in [2.05, 4.69) is 23.6 Å². The first-order valence-electron chi connectivity index (χ1n) is 4.17. The fraction of sp³-hybridized carbons (Fsp3) is 0.750. The number of hydrogen-bond acceptors (Lipinski definition) is 3. The molecule has 0 aromatic rings. The molecule has 2 aliphatic heterocycles. The molecule has 0 aromatic carbocycles. The fourth-order valence-corrected chi connectivity index (χ4v) is 1.64.